The Labute approximate surface area is 170 Å². The van der Waals surface area contributed by atoms with Gasteiger partial charge in [0.25, 0.3) is 5.56 Å². The fraction of sp³-hybridized carbons (Fsp3) is 0.455. The van der Waals surface area contributed by atoms with Crippen molar-refractivity contribution in [3.8, 4) is 0 Å². The van der Waals surface area contributed by atoms with E-state index in [1.807, 2.05) is 31.2 Å². The molecule has 0 unspecified atom stereocenters. The van der Waals surface area contributed by atoms with Crippen molar-refractivity contribution >= 4 is 22.9 Å². The molecule has 1 aliphatic heterocycles. The summed E-state index contributed by atoms with van der Waals surface area (Å²) in [5.41, 5.74) is 3.98. The first kappa shape index (κ1) is 20.5. The van der Waals surface area contributed by atoms with E-state index in [-0.39, 0.29) is 11.2 Å². The minimum atomic E-state index is -0.245. The van der Waals surface area contributed by atoms with Gasteiger partial charge >= 0.3 is 5.69 Å². The standard InChI is InChI=1S/C22H28ClN3O2/c1-5-12-26-21(27)19-17(11-6-14(2)3)20(15-7-9-16(23)10-8-15)24-13-18(19)25(4)22(26)28/h7-10,14,24H,5-6,11-13H2,1-4H3. The number of nitrogens with zero attached hydrogens (tertiary/aromatic N) is 2. The molecule has 2 heterocycles. The quantitative estimate of drug-likeness (QED) is 0.795. The van der Waals surface area contributed by atoms with E-state index in [0.717, 1.165) is 41.8 Å². The molecular weight excluding hydrogens is 374 g/mol. The minimum absolute atomic E-state index is 0.174. The minimum Gasteiger partial charge on any atom is -0.379 e. The second-order valence-electron chi connectivity index (χ2n) is 7.77. The molecule has 0 spiro atoms. The number of halogens is 1. The monoisotopic (exact) mass is 401 g/mol. The highest BCUT2D eigenvalue weighted by atomic mass is 35.5. The van der Waals surface area contributed by atoms with E-state index in [2.05, 4.69) is 19.2 Å². The van der Waals surface area contributed by atoms with Gasteiger partial charge in [0.05, 0.1) is 17.8 Å². The highest BCUT2D eigenvalue weighted by Crippen LogP contribution is 2.33. The number of benzene rings is 1. The van der Waals surface area contributed by atoms with Gasteiger partial charge in [-0.3, -0.25) is 13.9 Å². The van der Waals surface area contributed by atoms with Crippen LogP contribution in [0, 0.1) is 5.92 Å². The summed E-state index contributed by atoms with van der Waals surface area (Å²) >= 11 is 6.06. The van der Waals surface area contributed by atoms with Crippen molar-refractivity contribution in [2.75, 3.05) is 0 Å². The number of rotatable bonds is 6. The third kappa shape index (κ3) is 3.81. The van der Waals surface area contributed by atoms with Crippen molar-refractivity contribution in [1.82, 2.24) is 14.5 Å². The van der Waals surface area contributed by atoms with Crippen molar-refractivity contribution in [2.24, 2.45) is 13.0 Å². The zero-order valence-corrected chi connectivity index (χ0v) is 17.8. The van der Waals surface area contributed by atoms with Gasteiger partial charge in [-0.2, -0.15) is 0 Å². The number of aromatic nitrogens is 2. The van der Waals surface area contributed by atoms with Gasteiger partial charge in [0, 0.05) is 24.3 Å². The molecule has 0 amide bonds. The summed E-state index contributed by atoms with van der Waals surface area (Å²) in [6.45, 7) is 7.21. The largest absolute Gasteiger partial charge is 0.379 e. The highest BCUT2D eigenvalue weighted by molar-refractivity contribution is 6.30. The van der Waals surface area contributed by atoms with Crippen LogP contribution >= 0.6 is 11.6 Å². The summed E-state index contributed by atoms with van der Waals surface area (Å²) in [6, 6.07) is 7.66. The molecule has 0 radical (unpaired) electrons. The zero-order valence-electron chi connectivity index (χ0n) is 17.0. The van der Waals surface area contributed by atoms with Gasteiger partial charge in [-0.05, 0) is 48.4 Å². The lowest BCUT2D eigenvalue weighted by Gasteiger charge is -2.27. The molecule has 5 nitrogen and oxygen atoms in total. The van der Waals surface area contributed by atoms with Crippen LogP contribution in [0.1, 0.15) is 56.9 Å². The molecule has 0 saturated carbocycles. The molecule has 6 heteroatoms. The van der Waals surface area contributed by atoms with Gasteiger partial charge in [0.2, 0.25) is 0 Å². The fourth-order valence-corrected chi connectivity index (χ4v) is 3.85. The molecule has 150 valence electrons. The van der Waals surface area contributed by atoms with Crippen LogP contribution < -0.4 is 16.6 Å². The Kier molecular flexibility index (Phi) is 6.14. The Bertz CT molecular complexity index is 1010. The van der Waals surface area contributed by atoms with E-state index >= 15 is 0 Å². The average Bonchev–Trinajstić information content (AvgIpc) is 2.68. The highest BCUT2D eigenvalue weighted by Gasteiger charge is 2.27. The average molecular weight is 402 g/mol. The van der Waals surface area contributed by atoms with Crippen LogP contribution in [0.5, 0.6) is 0 Å². The third-order valence-corrected chi connectivity index (χ3v) is 5.51. The fourth-order valence-electron chi connectivity index (χ4n) is 3.72. The van der Waals surface area contributed by atoms with Crippen LogP contribution in [0.4, 0.5) is 0 Å². The number of fused-ring (bicyclic) bond motifs is 1. The lowest BCUT2D eigenvalue weighted by Crippen LogP contribution is -2.44. The molecule has 0 aliphatic carbocycles. The van der Waals surface area contributed by atoms with E-state index in [1.54, 1.807) is 11.6 Å². The summed E-state index contributed by atoms with van der Waals surface area (Å²) in [5, 5.41) is 4.14. The van der Waals surface area contributed by atoms with E-state index < -0.39 is 0 Å². The molecule has 0 atom stereocenters. The Morgan fingerprint density at radius 2 is 1.86 bits per heavy atom. The molecular formula is C22H28ClN3O2. The van der Waals surface area contributed by atoms with Crippen molar-refractivity contribution in [3.05, 3.63) is 66.9 Å². The number of hydrogen-bond acceptors (Lipinski definition) is 3. The van der Waals surface area contributed by atoms with Crippen LogP contribution in [-0.2, 0) is 20.1 Å². The van der Waals surface area contributed by atoms with Gasteiger partial charge in [0.1, 0.15) is 0 Å². The maximum atomic E-state index is 13.3. The maximum Gasteiger partial charge on any atom is 0.331 e. The summed E-state index contributed by atoms with van der Waals surface area (Å²) in [5.74, 6) is 0.509. The second kappa shape index (κ2) is 8.39. The number of allylic oxidation sites excluding steroid dienone is 1. The normalized spacial score (nSPS) is 13.6. The molecule has 1 aromatic heterocycles. The van der Waals surface area contributed by atoms with Gasteiger partial charge in [0.15, 0.2) is 0 Å². The summed E-state index contributed by atoms with van der Waals surface area (Å²) in [6.07, 6.45) is 2.47. The Morgan fingerprint density at radius 1 is 1.18 bits per heavy atom. The lowest BCUT2D eigenvalue weighted by molar-refractivity contribution is 0.553. The van der Waals surface area contributed by atoms with Gasteiger partial charge < -0.3 is 5.32 Å². The van der Waals surface area contributed by atoms with Crippen molar-refractivity contribution in [1.29, 1.82) is 0 Å². The third-order valence-electron chi connectivity index (χ3n) is 5.26. The van der Waals surface area contributed by atoms with Gasteiger partial charge in [-0.1, -0.05) is 44.5 Å². The topological polar surface area (TPSA) is 56.0 Å². The lowest BCUT2D eigenvalue weighted by atomic mass is 9.90. The predicted molar refractivity (Wildman–Crippen MR) is 115 cm³/mol. The molecule has 1 N–H and O–H groups in total. The van der Waals surface area contributed by atoms with Gasteiger partial charge in [-0.25, -0.2) is 4.79 Å². The molecule has 0 fully saturated rings. The first-order valence-electron chi connectivity index (χ1n) is 9.91. The van der Waals surface area contributed by atoms with Crippen LogP contribution in [0.2, 0.25) is 5.02 Å². The zero-order chi connectivity index (χ0) is 20.4. The van der Waals surface area contributed by atoms with E-state index in [4.69, 9.17) is 11.6 Å². The summed E-state index contributed by atoms with van der Waals surface area (Å²) < 4.78 is 2.99. The Hall–Kier alpha value is -2.27. The van der Waals surface area contributed by atoms with Crippen LogP contribution in [0.3, 0.4) is 0 Å². The molecule has 0 bridgehead atoms. The van der Waals surface area contributed by atoms with Crippen LogP contribution in [0.15, 0.2) is 33.9 Å². The molecule has 1 aliphatic rings. The first-order valence-corrected chi connectivity index (χ1v) is 10.3. The van der Waals surface area contributed by atoms with Crippen molar-refractivity contribution < 1.29 is 0 Å². The first-order chi connectivity index (χ1) is 13.3. The summed E-state index contributed by atoms with van der Waals surface area (Å²) in [4.78, 5) is 26.0. The number of hydrogen-bond donors (Lipinski definition) is 1. The van der Waals surface area contributed by atoms with Crippen LogP contribution in [-0.4, -0.2) is 9.13 Å². The Balaban J connectivity index is 2.28. The number of nitrogens with one attached hydrogen (secondary N) is 1. The predicted octanol–water partition coefficient (Wildman–Crippen LogP) is 4.02. The van der Waals surface area contributed by atoms with E-state index in [0.29, 0.717) is 29.6 Å². The smallest absolute Gasteiger partial charge is 0.331 e. The van der Waals surface area contributed by atoms with Crippen LogP contribution in [0.25, 0.3) is 11.3 Å². The van der Waals surface area contributed by atoms with Crippen molar-refractivity contribution in [3.63, 3.8) is 0 Å². The maximum absolute atomic E-state index is 13.3. The van der Waals surface area contributed by atoms with E-state index in [9.17, 15) is 9.59 Å². The second-order valence-corrected chi connectivity index (χ2v) is 8.20. The SMILES string of the molecule is CCCn1c(=O)c2c(n(C)c1=O)CNC(c1ccc(Cl)cc1)=C2CCC(C)C. The molecule has 3 rings (SSSR count). The molecule has 2 aromatic rings. The Morgan fingerprint density at radius 3 is 2.46 bits per heavy atom. The summed E-state index contributed by atoms with van der Waals surface area (Å²) in [7, 11) is 1.75. The molecule has 0 saturated heterocycles. The van der Waals surface area contributed by atoms with E-state index in [1.165, 1.54) is 4.57 Å². The van der Waals surface area contributed by atoms with Crippen molar-refractivity contribution in [2.45, 2.75) is 53.1 Å². The van der Waals surface area contributed by atoms with Gasteiger partial charge in [-0.15, -0.1) is 0 Å². The molecule has 28 heavy (non-hydrogen) atoms. The molecule has 1 aromatic carbocycles.